The molecule has 0 rings (SSSR count). The predicted molar refractivity (Wildman–Crippen MR) is 367 cm³/mol. The zero-order valence-electron chi connectivity index (χ0n) is 57.4. The average Bonchev–Trinajstić information content (AvgIpc) is 3.54. The Labute approximate surface area is 529 Å². The topological polar surface area (TPSA) is 108 Å². The van der Waals surface area contributed by atoms with Crippen molar-refractivity contribution >= 4 is 19.8 Å². The first kappa shape index (κ1) is 83.2. The summed E-state index contributed by atoms with van der Waals surface area (Å²) in [4.78, 5) is 35.9. The molecule has 0 fully saturated rings. The molecule has 9 nitrogen and oxygen atoms in total. The van der Waals surface area contributed by atoms with Gasteiger partial charge in [-0.2, -0.15) is 0 Å². The first-order chi connectivity index (χ1) is 41.5. The Bertz CT molecular complexity index is 1530. The van der Waals surface area contributed by atoms with Crippen LogP contribution in [-0.4, -0.2) is 74.9 Å². The number of phosphoric acid groups is 1. The Morgan fingerprint density at radius 2 is 0.635 bits per heavy atom. The number of rotatable bonds is 70. The van der Waals surface area contributed by atoms with Crippen LogP contribution in [0.5, 0.6) is 0 Å². The molecule has 0 saturated carbocycles. The van der Waals surface area contributed by atoms with Crippen molar-refractivity contribution < 1.29 is 42.1 Å². The molecular weight excluding hydrogens is 1070 g/mol. The number of carbonyl (C=O) groups excluding carboxylic acids is 2. The Morgan fingerprint density at radius 1 is 0.365 bits per heavy atom. The minimum Gasteiger partial charge on any atom is -0.462 e. The number of allylic oxidation sites excluding steroid dienone is 6. The molecule has 0 bridgehead atoms. The van der Waals surface area contributed by atoms with E-state index in [2.05, 4.69) is 50.3 Å². The van der Waals surface area contributed by atoms with Gasteiger partial charge in [0.15, 0.2) is 6.10 Å². The fourth-order valence-electron chi connectivity index (χ4n) is 11.2. The van der Waals surface area contributed by atoms with Gasteiger partial charge in [0.25, 0.3) is 0 Å². The highest BCUT2D eigenvalue weighted by atomic mass is 31.2. The number of unbranched alkanes of at least 4 members (excludes halogenated alkanes) is 50. The molecule has 85 heavy (non-hydrogen) atoms. The van der Waals surface area contributed by atoms with E-state index in [0.29, 0.717) is 23.9 Å². The number of likely N-dealkylation sites (N-methyl/N-ethyl adjacent to an activating group) is 1. The maximum atomic E-state index is 12.9. The number of phosphoric ester groups is 1. The number of esters is 2. The predicted octanol–water partition coefficient (Wildman–Crippen LogP) is 24.2. The van der Waals surface area contributed by atoms with E-state index in [4.69, 9.17) is 18.5 Å². The van der Waals surface area contributed by atoms with E-state index < -0.39 is 26.5 Å². The molecule has 0 spiro atoms. The number of hydrogen-bond donors (Lipinski definition) is 1. The third kappa shape index (κ3) is 71.2. The minimum absolute atomic E-state index is 0.0349. The summed E-state index contributed by atoms with van der Waals surface area (Å²) >= 11 is 0. The Morgan fingerprint density at radius 3 is 0.941 bits per heavy atom. The normalized spacial score (nSPS) is 13.2. The summed E-state index contributed by atoms with van der Waals surface area (Å²) in [6.07, 6.45) is 85.5. The van der Waals surface area contributed by atoms with Gasteiger partial charge in [0.2, 0.25) is 0 Å². The minimum atomic E-state index is -4.39. The maximum Gasteiger partial charge on any atom is 0.472 e. The number of nitrogens with zero attached hydrogens (tertiary/aromatic N) is 1. The van der Waals surface area contributed by atoms with Crippen LogP contribution in [0.4, 0.5) is 0 Å². The summed E-state index contributed by atoms with van der Waals surface area (Å²) in [6.45, 7) is 4.50. The lowest BCUT2D eigenvalue weighted by atomic mass is 10.0. The summed E-state index contributed by atoms with van der Waals surface area (Å²) in [5.41, 5.74) is 0. The summed E-state index contributed by atoms with van der Waals surface area (Å²) in [7, 11) is 1.50. The van der Waals surface area contributed by atoms with E-state index >= 15 is 0 Å². The Hall–Kier alpha value is -1.77. The van der Waals surface area contributed by atoms with Crippen LogP contribution in [-0.2, 0) is 32.7 Å². The van der Waals surface area contributed by atoms with Gasteiger partial charge < -0.3 is 18.9 Å². The van der Waals surface area contributed by atoms with E-state index in [1.165, 1.54) is 302 Å². The quantitative estimate of drug-likeness (QED) is 0.0211. The average molecular weight is 1220 g/mol. The highest BCUT2D eigenvalue weighted by molar-refractivity contribution is 7.47. The number of hydrogen-bond acceptors (Lipinski definition) is 7. The van der Waals surface area contributed by atoms with Gasteiger partial charge in [-0.15, -0.1) is 0 Å². The van der Waals surface area contributed by atoms with Crippen LogP contribution in [0.15, 0.2) is 36.5 Å². The highest BCUT2D eigenvalue weighted by Gasteiger charge is 2.27. The number of carbonyl (C=O) groups is 2. The van der Waals surface area contributed by atoms with Gasteiger partial charge >= 0.3 is 19.8 Å². The van der Waals surface area contributed by atoms with Crippen LogP contribution in [0.25, 0.3) is 0 Å². The largest absolute Gasteiger partial charge is 0.472 e. The molecule has 0 aliphatic rings. The molecule has 2 atom stereocenters. The second-order valence-corrected chi connectivity index (χ2v) is 28.1. The fraction of sp³-hybridized carbons (Fsp3) is 0.893. The summed E-state index contributed by atoms with van der Waals surface area (Å²) < 4.78 is 34.8. The molecule has 0 aliphatic heterocycles. The van der Waals surface area contributed by atoms with Crippen molar-refractivity contribution in [1.29, 1.82) is 0 Å². The SMILES string of the molecule is CCCCCCC/C=C\C/C=C\C/C=C\CCCCCCCCCCCCCCCCCCCCC(=O)OC(COC(=O)CCCCCCCCCCCCCCCCCCCCCCCCCCCCCC)COP(=O)(O)OCC[N+](C)(C)C. The van der Waals surface area contributed by atoms with E-state index in [9.17, 15) is 19.0 Å². The molecule has 0 heterocycles. The first-order valence-electron chi connectivity index (χ1n) is 37.2. The van der Waals surface area contributed by atoms with Crippen molar-refractivity contribution in [2.75, 3.05) is 47.5 Å². The highest BCUT2D eigenvalue weighted by Crippen LogP contribution is 2.43. The van der Waals surface area contributed by atoms with Crippen LogP contribution in [0.2, 0.25) is 0 Å². The van der Waals surface area contributed by atoms with E-state index in [1.807, 2.05) is 21.1 Å². The molecule has 502 valence electrons. The number of quaternary nitrogens is 1. The Balaban J connectivity index is 3.96. The summed E-state index contributed by atoms with van der Waals surface area (Å²) in [5.74, 6) is -0.773. The van der Waals surface area contributed by atoms with E-state index in [-0.39, 0.29) is 25.6 Å². The maximum absolute atomic E-state index is 12.9. The molecule has 0 aromatic rings. The van der Waals surface area contributed by atoms with Gasteiger partial charge in [0, 0.05) is 12.8 Å². The van der Waals surface area contributed by atoms with Crippen molar-refractivity contribution in [3.8, 4) is 0 Å². The third-order valence-corrected chi connectivity index (χ3v) is 17.9. The summed E-state index contributed by atoms with van der Waals surface area (Å²) in [5, 5.41) is 0. The van der Waals surface area contributed by atoms with E-state index in [0.717, 1.165) is 44.9 Å². The lowest BCUT2D eigenvalue weighted by Crippen LogP contribution is -2.37. The lowest BCUT2D eigenvalue weighted by molar-refractivity contribution is -0.870. The van der Waals surface area contributed by atoms with Crippen LogP contribution < -0.4 is 0 Å². The van der Waals surface area contributed by atoms with E-state index in [1.54, 1.807) is 0 Å². The van der Waals surface area contributed by atoms with Crippen molar-refractivity contribution in [3.05, 3.63) is 36.5 Å². The smallest absolute Gasteiger partial charge is 0.462 e. The van der Waals surface area contributed by atoms with Crippen molar-refractivity contribution in [1.82, 2.24) is 0 Å². The molecule has 10 heteroatoms. The second kappa shape index (κ2) is 66.6. The monoisotopic (exact) mass is 1220 g/mol. The molecular formula is C75H145NO8P+. The van der Waals surface area contributed by atoms with Gasteiger partial charge in [-0.1, -0.05) is 352 Å². The molecule has 0 amide bonds. The molecule has 0 aromatic carbocycles. The summed E-state index contributed by atoms with van der Waals surface area (Å²) in [6, 6.07) is 0. The Kier molecular flexibility index (Phi) is 65.3. The van der Waals surface area contributed by atoms with Gasteiger partial charge in [0.05, 0.1) is 27.7 Å². The molecule has 2 unspecified atom stereocenters. The van der Waals surface area contributed by atoms with Crippen LogP contribution in [0, 0.1) is 0 Å². The standard InChI is InChI=1S/C75H144NO8P/c1-6-8-10-12-14-16-18-20-22-24-26-28-30-32-34-36-37-38-39-40-42-44-46-48-50-52-54-56-58-60-62-64-66-68-75(78)84-73(72-83-85(79,80)82-70-69-76(3,4)5)71-81-74(77)67-65-63-61-59-57-55-53-51-49-47-45-43-41-35-33-31-29-27-25-23-21-19-17-15-13-11-9-7-2/h18,20,24,26,30,32,73H,6-17,19,21-23,25,27-29,31,33-72H2,1-5H3/p+1/b20-18-,26-24-,32-30-. The van der Waals surface area contributed by atoms with Crippen molar-refractivity contribution in [2.45, 2.75) is 386 Å². The van der Waals surface area contributed by atoms with Crippen molar-refractivity contribution in [3.63, 3.8) is 0 Å². The van der Waals surface area contributed by atoms with Gasteiger partial charge in [-0.05, 0) is 51.4 Å². The molecule has 0 aromatic heterocycles. The van der Waals surface area contributed by atoms with Gasteiger partial charge in [-0.3, -0.25) is 18.6 Å². The van der Waals surface area contributed by atoms with Crippen LogP contribution in [0.3, 0.4) is 0 Å². The molecule has 1 N–H and O–H groups in total. The van der Waals surface area contributed by atoms with Crippen molar-refractivity contribution in [2.24, 2.45) is 0 Å². The lowest BCUT2D eigenvalue weighted by Gasteiger charge is -2.24. The first-order valence-corrected chi connectivity index (χ1v) is 38.7. The third-order valence-electron chi connectivity index (χ3n) is 16.9. The van der Waals surface area contributed by atoms with Gasteiger partial charge in [0.1, 0.15) is 19.8 Å². The second-order valence-electron chi connectivity index (χ2n) is 26.7. The molecule has 0 saturated heterocycles. The number of ether oxygens (including phenoxy) is 2. The van der Waals surface area contributed by atoms with Gasteiger partial charge in [-0.25, -0.2) is 4.57 Å². The fourth-order valence-corrected chi connectivity index (χ4v) is 11.9. The van der Waals surface area contributed by atoms with Crippen LogP contribution in [0.1, 0.15) is 380 Å². The molecule has 0 radical (unpaired) electrons. The molecule has 0 aliphatic carbocycles. The van der Waals surface area contributed by atoms with Crippen LogP contribution >= 0.6 is 7.82 Å². The zero-order chi connectivity index (χ0) is 61.9. The zero-order valence-corrected chi connectivity index (χ0v) is 58.3.